The summed E-state index contributed by atoms with van der Waals surface area (Å²) in [5, 5.41) is 2.11. The van der Waals surface area contributed by atoms with E-state index in [2.05, 4.69) is 149 Å². The Morgan fingerprint density at radius 3 is 1.57 bits per heavy atom. The van der Waals surface area contributed by atoms with E-state index in [1.807, 2.05) is 24.4 Å². The fourth-order valence-corrected chi connectivity index (χ4v) is 6.08. The summed E-state index contributed by atoms with van der Waals surface area (Å²) >= 11 is 0. The third-order valence-corrected chi connectivity index (χ3v) is 8.19. The molecule has 2 heterocycles. The normalized spacial score (nSPS) is 11.2. The summed E-state index contributed by atoms with van der Waals surface area (Å²) < 4.78 is 6.23. The molecule has 0 saturated carbocycles. The van der Waals surface area contributed by atoms with Crippen LogP contribution < -0.4 is 4.90 Å². The fourth-order valence-electron chi connectivity index (χ4n) is 6.08. The monoisotopic (exact) mass is 564 g/mol. The quantitative estimate of drug-likeness (QED) is 0.201. The number of furan rings is 1. The van der Waals surface area contributed by atoms with Crippen molar-refractivity contribution in [1.29, 1.82) is 0 Å². The Morgan fingerprint density at radius 1 is 0.409 bits per heavy atom. The Labute approximate surface area is 256 Å². The van der Waals surface area contributed by atoms with Gasteiger partial charge in [0.1, 0.15) is 5.58 Å². The lowest BCUT2D eigenvalue weighted by molar-refractivity contribution is 0.667. The zero-order valence-corrected chi connectivity index (χ0v) is 24.0. The van der Waals surface area contributed by atoms with Crippen molar-refractivity contribution in [2.75, 3.05) is 4.90 Å². The molecule has 8 rings (SSSR count). The molecule has 0 bridgehead atoms. The maximum absolute atomic E-state index is 6.23. The van der Waals surface area contributed by atoms with Crippen LogP contribution in [-0.2, 0) is 0 Å². The molecule has 0 saturated heterocycles. The summed E-state index contributed by atoms with van der Waals surface area (Å²) in [6.45, 7) is 0. The van der Waals surface area contributed by atoms with Crippen LogP contribution in [0.15, 0.2) is 175 Å². The van der Waals surface area contributed by atoms with E-state index in [0.717, 1.165) is 44.6 Å². The third kappa shape index (κ3) is 4.61. The number of para-hydroxylation sites is 1. The Morgan fingerprint density at radius 2 is 0.909 bits per heavy atom. The second kappa shape index (κ2) is 11.0. The van der Waals surface area contributed by atoms with E-state index < -0.39 is 0 Å². The molecule has 0 amide bonds. The molecule has 0 radical (unpaired) electrons. The van der Waals surface area contributed by atoms with Gasteiger partial charge in [-0.1, -0.05) is 127 Å². The van der Waals surface area contributed by atoms with E-state index in [4.69, 9.17) is 4.42 Å². The van der Waals surface area contributed by atoms with Gasteiger partial charge in [0.15, 0.2) is 5.58 Å². The van der Waals surface area contributed by atoms with Gasteiger partial charge < -0.3 is 9.32 Å². The maximum atomic E-state index is 6.23. The first-order chi connectivity index (χ1) is 21.8. The molecular weight excluding hydrogens is 536 g/mol. The molecule has 3 heteroatoms. The van der Waals surface area contributed by atoms with Crippen LogP contribution in [0.5, 0.6) is 0 Å². The highest BCUT2D eigenvalue weighted by atomic mass is 16.3. The van der Waals surface area contributed by atoms with Gasteiger partial charge in [0.2, 0.25) is 0 Å². The van der Waals surface area contributed by atoms with Gasteiger partial charge in [-0.3, -0.25) is 4.98 Å². The van der Waals surface area contributed by atoms with Crippen LogP contribution in [0.3, 0.4) is 0 Å². The first-order valence-corrected chi connectivity index (χ1v) is 14.8. The zero-order chi connectivity index (χ0) is 29.3. The fraction of sp³-hybridized carbons (Fsp3) is 0. The molecule has 6 aromatic carbocycles. The number of rotatable bonds is 6. The lowest BCUT2D eigenvalue weighted by Crippen LogP contribution is -2.10. The molecule has 0 aliphatic heterocycles. The van der Waals surface area contributed by atoms with Crippen LogP contribution in [0, 0.1) is 0 Å². The van der Waals surface area contributed by atoms with E-state index in [1.54, 1.807) is 6.20 Å². The summed E-state index contributed by atoms with van der Waals surface area (Å²) in [5.41, 5.74) is 11.8. The molecule has 0 aliphatic carbocycles. The van der Waals surface area contributed by atoms with Crippen LogP contribution in [0.1, 0.15) is 0 Å². The van der Waals surface area contributed by atoms with Gasteiger partial charge in [-0.05, 0) is 63.7 Å². The summed E-state index contributed by atoms with van der Waals surface area (Å²) in [6.07, 6.45) is 3.74. The minimum absolute atomic E-state index is 0.767. The highest BCUT2D eigenvalue weighted by molar-refractivity contribution is 6.12. The number of fused-ring (bicyclic) bond motifs is 3. The molecular formula is C41H28N2O. The standard InChI is InChI=1S/C41H28N2O/c1-3-11-29(12-4-1)30-19-23-33(24-20-30)43(38-27-42-28-40-41(38)37-17-9-10-18-39(37)44-40)34-25-21-32(22-26-34)36-16-8-7-15-35(36)31-13-5-2-6-14-31/h1-28H. The molecule has 3 nitrogen and oxygen atoms in total. The van der Waals surface area contributed by atoms with Gasteiger partial charge in [-0.2, -0.15) is 0 Å². The van der Waals surface area contributed by atoms with Gasteiger partial charge >= 0.3 is 0 Å². The SMILES string of the molecule is c1ccc(-c2ccc(N(c3ccc(-c4ccccc4-c4ccccc4)cc3)c3cncc4oc5ccccc5c34)cc2)cc1. The number of pyridine rings is 1. The van der Waals surface area contributed by atoms with Gasteiger partial charge in [-0.25, -0.2) is 0 Å². The largest absolute Gasteiger partial charge is 0.454 e. The maximum Gasteiger partial charge on any atom is 0.155 e. The van der Waals surface area contributed by atoms with E-state index in [-0.39, 0.29) is 0 Å². The molecule has 0 fully saturated rings. The second-order valence-electron chi connectivity index (χ2n) is 10.8. The van der Waals surface area contributed by atoms with Crippen molar-refractivity contribution in [2.24, 2.45) is 0 Å². The van der Waals surface area contributed by atoms with Crippen molar-refractivity contribution in [3.05, 3.63) is 170 Å². The molecule has 0 N–H and O–H groups in total. The topological polar surface area (TPSA) is 29.3 Å². The average molecular weight is 565 g/mol. The van der Waals surface area contributed by atoms with Gasteiger partial charge in [-0.15, -0.1) is 0 Å². The summed E-state index contributed by atoms with van der Waals surface area (Å²) in [5.74, 6) is 0. The predicted molar refractivity (Wildman–Crippen MR) is 183 cm³/mol. The molecule has 0 spiro atoms. The van der Waals surface area contributed by atoms with Crippen molar-refractivity contribution in [1.82, 2.24) is 4.98 Å². The highest BCUT2D eigenvalue weighted by Gasteiger charge is 2.20. The number of hydrogen-bond acceptors (Lipinski definition) is 3. The van der Waals surface area contributed by atoms with Crippen LogP contribution in [0.2, 0.25) is 0 Å². The second-order valence-corrected chi connectivity index (χ2v) is 10.8. The van der Waals surface area contributed by atoms with Gasteiger partial charge in [0.25, 0.3) is 0 Å². The summed E-state index contributed by atoms with van der Waals surface area (Å²) in [7, 11) is 0. The first-order valence-electron chi connectivity index (χ1n) is 14.8. The first kappa shape index (κ1) is 25.8. The Kier molecular flexibility index (Phi) is 6.47. The Balaban J connectivity index is 1.27. The van der Waals surface area contributed by atoms with E-state index in [9.17, 15) is 0 Å². The molecule has 208 valence electrons. The van der Waals surface area contributed by atoms with Crippen LogP contribution in [0.4, 0.5) is 17.1 Å². The summed E-state index contributed by atoms with van der Waals surface area (Å²) in [4.78, 5) is 6.90. The molecule has 2 aromatic heterocycles. The van der Waals surface area contributed by atoms with Gasteiger partial charge in [0.05, 0.1) is 23.5 Å². The number of benzene rings is 6. The minimum Gasteiger partial charge on any atom is -0.454 e. The Hall–Kier alpha value is -5.93. The predicted octanol–water partition coefficient (Wildman–Crippen LogP) is 11.5. The van der Waals surface area contributed by atoms with E-state index >= 15 is 0 Å². The van der Waals surface area contributed by atoms with Gasteiger partial charge in [0, 0.05) is 16.8 Å². The van der Waals surface area contributed by atoms with E-state index in [0.29, 0.717) is 0 Å². The number of aromatic nitrogens is 1. The van der Waals surface area contributed by atoms with Crippen LogP contribution >= 0.6 is 0 Å². The lowest BCUT2D eigenvalue weighted by atomic mass is 9.94. The summed E-state index contributed by atoms with van der Waals surface area (Å²) in [6, 6.07) is 55.4. The highest BCUT2D eigenvalue weighted by Crippen LogP contribution is 2.43. The number of nitrogens with zero attached hydrogens (tertiary/aromatic N) is 2. The number of anilines is 3. The van der Waals surface area contributed by atoms with Crippen LogP contribution in [0.25, 0.3) is 55.3 Å². The minimum atomic E-state index is 0.767. The number of hydrogen-bond donors (Lipinski definition) is 0. The lowest BCUT2D eigenvalue weighted by Gasteiger charge is -2.26. The smallest absolute Gasteiger partial charge is 0.155 e. The van der Waals surface area contributed by atoms with Crippen molar-refractivity contribution < 1.29 is 4.42 Å². The third-order valence-electron chi connectivity index (χ3n) is 8.19. The van der Waals surface area contributed by atoms with Crippen molar-refractivity contribution in [3.8, 4) is 33.4 Å². The molecule has 0 aliphatic rings. The van der Waals surface area contributed by atoms with Crippen LogP contribution in [-0.4, -0.2) is 4.98 Å². The zero-order valence-electron chi connectivity index (χ0n) is 24.0. The molecule has 0 atom stereocenters. The van der Waals surface area contributed by atoms with Crippen molar-refractivity contribution in [3.63, 3.8) is 0 Å². The molecule has 44 heavy (non-hydrogen) atoms. The Bertz CT molecular complexity index is 2200. The molecule has 8 aromatic rings. The molecule has 0 unspecified atom stereocenters. The van der Waals surface area contributed by atoms with E-state index in [1.165, 1.54) is 27.8 Å². The average Bonchev–Trinajstić information content (AvgIpc) is 3.49. The van der Waals surface area contributed by atoms with Crippen molar-refractivity contribution in [2.45, 2.75) is 0 Å². The van der Waals surface area contributed by atoms with Crippen molar-refractivity contribution >= 4 is 39.0 Å².